The Balaban J connectivity index is 1.72. The van der Waals surface area contributed by atoms with Gasteiger partial charge in [-0.05, 0) is 25.3 Å². The molecule has 2 aliphatic rings. The summed E-state index contributed by atoms with van der Waals surface area (Å²) in [5, 5.41) is 9.66. The van der Waals surface area contributed by atoms with Crippen LogP contribution in [0.25, 0.3) is 11.2 Å². The van der Waals surface area contributed by atoms with Gasteiger partial charge in [-0.15, -0.1) is 0 Å². The van der Waals surface area contributed by atoms with Crippen molar-refractivity contribution in [1.82, 2.24) is 19.5 Å². The molecule has 2 unspecified atom stereocenters. The topological polar surface area (TPSA) is 99.1 Å². The summed E-state index contributed by atoms with van der Waals surface area (Å²) in [5.41, 5.74) is 7.08. The molecule has 0 amide bonds. The molecule has 1 aliphatic carbocycles. The predicted octanol–water partition coefficient (Wildman–Crippen LogP) is 1.02. The molecule has 110 valence electrons. The van der Waals surface area contributed by atoms with Crippen molar-refractivity contribution in [3.63, 3.8) is 0 Å². The van der Waals surface area contributed by atoms with E-state index in [1.54, 1.807) is 6.33 Å². The Morgan fingerprint density at radius 2 is 2.19 bits per heavy atom. The number of aliphatic hydroxyl groups excluding tert-OH is 1. The van der Waals surface area contributed by atoms with E-state index in [2.05, 4.69) is 21.0 Å². The molecule has 1 saturated carbocycles. The van der Waals surface area contributed by atoms with Gasteiger partial charge in [-0.3, -0.25) is 0 Å². The average molecular weight is 287 g/mol. The van der Waals surface area contributed by atoms with Crippen LogP contribution in [0.15, 0.2) is 24.5 Å². The molecule has 4 rings (SSSR count). The summed E-state index contributed by atoms with van der Waals surface area (Å²) in [6.45, 7) is -0.0328. The van der Waals surface area contributed by atoms with Crippen LogP contribution in [0.2, 0.25) is 0 Å². The zero-order chi connectivity index (χ0) is 14.4. The van der Waals surface area contributed by atoms with E-state index in [4.69, 9.17) is 10.5 Å². The molecular weight excluding hydrogens is 270 g/mol. The third-order valence-corrected chi connectivity index (χ3v) is 4.18. The molecular formula is C14H17N5O2. The van der Waals surface area contributed by atoms with Crippen molar-refractivity contribution >= 4 is 17.0 Å². The molecule has 0 aromatic carbocycles. The van der Waals surface area contributed by atoms with Gasteiger partial charge in [0.15, 0.2) is 11.5 Å². The molecule has 2 aromatic rings. The van der Waals surface area contributed by atoms with Crippen LogP contribution in [0.4, 0.5) is 5.82 Å². The van der Waals surface area contributed by atoms with E-state index in [9.17, 15) is 5.11 Å². The number of hydrogen-bond acceptors (Lipinski definition) is 6. The first kappa shape index (κ1) is 12.6. The normalized spacial score (nSPS) is 25.7. The SMILES string of the molecule is Nc1ncnc2c1ncn2C1CC=C(C2CC2)OC1CO. The van der Waals surface area contributed by atoms with Gasteiger partial charge in [0.25, 0.3) is 0 Å². The molecule has 0 radical (unpaired) electrons. The number of rotatable bonds is 3. The highest BCUT2D eigenvalue weighted by Gasteiger charge is 2.36. The molecule has 2 aromatic heterocycles. The molecule has 0 spiro atoms. The fourth-order valence-corrected chi connectivity index (χ4v) is 2.89. The van der Waals surface area contributed by atoms with E-state index in [1.807, 2.05) is 4.57 Å². The standard InChI is InChI=1S/C14H17N5O2/c15-13-12-14(17-6-16-13)19(7-18-12)9-3-4-10(8-1-2-8)21-11(9)5-20/h4,6-9,11,20H,1-3,5H2,(H2,15,16,17). The second-order valence-corrected chi connectivity index (χ2v) is 5.61. The van der Waals surface area contributed by atoms with E-state index < -0.39 is 0 Å². The van der Waals surface area contributed by atoms with E-state index in [0.717, 1.165) is 12.2 Å². The Labute approximate surface area is 121 Å². The van der Waals surface area contributed by atoms with Crippen LogP contribution in [-0.4, -0.2) is 37.3 Å². The monoisotopic (exact) mass is 287 g/mol. The number of imidazole rings is 1. The third-order valence-electron chi connectivity index (χ3n) is 4.18. The zero-order valence-corrected chi connectivity index (χ0v) is 11.5. The van der Waals surface area contributed by atoms with Gasteiger partial charge in [0.2, 0.25) is 0 Å². The highest BCUT2D eigenvalue weighted by molar-refractivity contribution is 5.81. The minimum Gasteiger partial charge on any atom is -0.490 e. The Kier molecular flexibility index (Phi) is 2.81. The molecule has 3 N–H and O–H groups in total. The van der Waals surface area contributed by atoms with E-state index in [1.165, 1.54) is 19.2 Å². The van der Waals surface area contributed by atoms with Crippen LogP contribution in [0, 0.1) is 5.92 Å². The lowest BCUT2D eigenvalue weighted by molar-refractivity contribution is 0.00463. The van der Waals surface area contributed by atoms with Crippen molar-refractivity contribution in [1.29, 1.82) is 0 Å². The van der Waals surface area contributed by atoms with Crippen LogP contribution in [0.5, 0.6) is 0 Å². The predicted molar refractivity (Wildman–Crippen MR) is 76.2 cm³/mol. The van der Waals surface area contributed by atoms with Gasteiger partial charge in [0, 0.05) is 5.92 Å². The largest absolute Gasteiger partial charge is 0.490 e. The van der Waals surface area contributed by atoms with Gasteiger partial charge in [0.05, 0.1) is 24.7 Å². The van der Waals surface area contributed by atoms with Crippen LogP contribution in [0.3, 0.4) is 0 Å². The van der Waals surface area contributed by atoms with Crippen molar-refractivity contribution in [2.75, 3.05) is 12.3 Å². The van der Waals surface area contributed by atoms with Crippen LogP contribution in [-0.2, 0) is 4.74 Å². The summed E-state index contributed by atoms with van der Waals surface area (Å²) in [6.07, 6.45) is 8.15. The van der Waals surface area contributed by atoms with Gasteiger partial charge >= 0.3 is 0 Å². The number of ether oxygens (including phenoxy) is 1. The summed E-state index contributed by atoms with van der Waals surface area (Å²) in [4.78, 5) is 12.5. The first-order valence-electron chi connectivity index (χ1n) is 7.18. The van der Waals surface area contributed by atoms with Gasteiger partial charge in [-0.1, -0.05) is 0 Å². The zero-order valence-electron chi connectivity index (χ0n) is 11.5. The summed E-state index contributed by atoms with van der Waals surface area (Å²) < 4.78 is 7.89. The number of nitrogen functional groups attached to an aromatic ring is 1. The molecule has 7 heteroatoms. The summed E-state index contributed by atoms with van der Waals surface area (Å²) in [6, 6.07) is -0.0307. The lowest BCUT2D eigenvalue weighted by Crippen LogP contribution is -2.33. The van der Waals surface area contributed by atoms with Crippen molar-refractivity contribution in [3.8, 4) is 0 Å². The summed E-state index contributed by atoms with van der Waals surface area (Å²) in [7, 11) is 0. The van der Waals surface area contributed by atoms with Crippen LogP contribution in [0.1, 0.15) is 25.3 Å². The third kappa shape index (κ3) is 2.04. The fraction of sp³-hybridized carbons (Fsp3) is 0.500. The van der Waals surface area contributed by atoms with Crippen molar-refractivity contribution in [2.24, 2.45) is 5.92 Å². The minimum absolute atomic E-state index is 0.0307. The van der Waals surface area contributed by atoms with Crippen molar-refractivity contribution in [2.45, 2.75) is 31.4 Å². The molecule has 0 saturated heterocycles. The molecule has 2 atom stereocenters. The molecule has 1 fully saturated rings. The number of nitrogens with zero attached hydrogens (tertiary/aromatic N) is 4. The Bertz CT molecular complexity index is 706. The van der Waals surface area contributed by atoms with Gasteiger partial charge in [-0.2, -0.15) is 0 Å². The summed E-state index contributed by atoms with van der Waals surface area (Å²) in [5.74, 6) is 1.95. The second-order valence-electron chi connectivity index (χ2n) is 5.61. The number of nitrogens with two attached hydrogens (primary N) is 1. The highest BCUT2D eigenvalue weighted by Crippen LogP contribution is 2.42. The van der Waals surface area contributed by atoms with Crippen LogP contribution >= 0.6 is 0 Å². The lowest BCUT2D eigenvalue weighted by Gasteiger charge is -2.32. The van der Waals surface area contributed by atoms with Crippen molar-refractivity contribution in [3.05, 3.63) is 24.5 Å². The average Bonchev–Trinajstić information content (AvgIpc) is 3.27. The number of aromatic nitrogens is 4. The maximum Gasteiger partial charge on any atom is 0.165 e. The maximum absolute atomic E-state index is 9.66. The number of allylic oxidation sites excluding steroid dienone is 2. The maximum atomic E-state index is 9.66. The van der Waals surface area contributed by atoms with E-state index >= 15 is 0 Å². The fourth-order valence-electron chi connectivity index (χ4n) is 2.89. The van der Waals surface area contributed by atoms with Gasteiger partial charge in [0.1, 0.15) is 17.9 Å². The Hall–Kier alpha value is -2.15. The lowest BCUT2D eigenvalue weighted by atomic mass is 10.0. The molecule has 3 heterocycles. The first-order valence-corrected chi connectivity index (χ1v) is 7.18. The number of hydrogen-bond donors (Lipinski definition) is 2. The van der Waals surface area contributed by atoms with Gasteiger partial charge < -0.3 is 20.1 Å². The number of anilines is 1. The highest BCUT2D eigenvalue weighted by atomic mass is 16.5. The minimum atomic E-state index is -0.279. The summed E-state index contributed by atoms with van der Waals surface area (Å²) >= 11 is 0. The van der Waals surface area contributed by atoms with E-state index in [-0.39, 0.29) is 18.8 Å². The first-order chi connectivity index (χ1) is 10.3. The Morgan fingerprint density at radius 1 is 1.33 bits per heavy atom. The molecule has 0 bridgehead atoms. The van der Waals surface area contributed by atoms with E-state index in [0.29, 0.717) is 22.9 Å². The molecule has 7 nitrogen and oxygen atoms in total. The van der Waals surface area contributed by atoms with Crippen molar-refractivity contribution < 1.29 is 9.84 Å². The van der Waals surface area contributed by atoms with Gasteiger partial charge in [-0.25, -0.2) is 15.0 Å². The second kappa shape index (κ2) is 4.70. The molecule has 21 heavy (non-hydrogen) atoms. The molecule has 1 aliphatic heterocycles. The van der Waals surface area contributed by atoms with Crippen LogP contribution < -0.4 is 5.73 Å². The quantitative estimate of drug-likeness (QED) is 0.874. The number of fused-ring (bicyclic) bond motifs is 1. The smallest absolute Gasteiger partial charge is 0.165 e. The number of aliphatic hydroxyl groups is 1. The Morgan fingerprint density at radius 3 is 2.95 bits per heavy atom.